The molecule has 2 rings (SSSR count). The lowest BCUT2D eigenvalue weighted by molar-refractivity contribution is 0.311. The van der Waals surface area contributed by atoms with E-state index in [0.717, 1.165) is 19.0 Å². The Morgan fingerprint density at radius 2 is 2.19 bits per heavy atom. The molecule has 4 heteroatoms. The van der Waals surface area contributed by atoms with Crippen LogP contribution in [0.15, 0.2) is 4.99 Å². The highest BCUT2D eigenvalue weighted by molar-refractivity contribution is 8.13. The largest absolute Gasteiger partial charge is 0.362 e. The number of rotatable bonds is 3. The van der Waals surface area contributed by atoms with E-state index in [2.05, 4.69) is 29.3 Å². The molecule has 0 aromatic heterocycles. The van der Waals surface area contributed by atoms with Gasteiger partial charge in [-0.05, 0) is 32.9 Å². The number of fused-ring (bicyclic) bond motifs is 1. The predicted molar refractivity (Wildman–Crippen MR) is 72.2 cm³/mol. The fraction of sp³-hybridized carbons (Fsp3) is 0.917. The number of nitrogens with one attached hydrogen (secondary N) is 1. The van der Waals surface area contributed by atoms with E-state index in [4.69, 9.17) is 0 Å². The van der Waals surface area contributed by atoms with Crippen LogP contribution in [0.2, 0.25) is 0 Å². The van der Waals surface area contributed by atoms with Gasteiger partial charge in [0.2, 0.25) is 0 Å². The maximum Gasteiger partial charge on any atom is 0.156 e. The lowest BCUT2D eigenvalue weighted by Gasteiger charge is -2.36. The molecule has 0 aromatic rings. The van der Waals surface area contributed by atoms with Crippen LogP contribution < -0.4 is 5.32 Å². The normalized spacial score (nSPS) is 32.6. The second-order valence-corrected chi connectivity index (χ2v) is 6.11. The van der Waals surface area contributed by atoms with E-state index in [1.807, 2.05) is 11.8 Å². The molecule has 2 aliphatic rings. The summed E-state index contributed by atoms with van der Waals surface area (Å²) in [4.78, 5) is 6.82. The molecule has 92 valence electrons. The van der Waals surface area contributed by atoms with E-state index in [-0.39, 0.29) is 0 Å². The zero-order valence-electron chi connectivity index (χ0n) is 10.4. The van der Waals surface area contributed by atoms with Crippen LogP contribution in [0.5, 0.6) is 0 Å². The summed E-state index contributed by atoms with van der Waals surface area (Å²) in [5, 5.41) is 4.81. The number of aliphatic imine (C=N–C) groups is 1. The molecule has 0 aromatic carbocycles. The lowest BCUT2D eigenvalue weighted by Crippen LogP contribution is -2.46. The molecule has 1 saturated heterocycles. The molecule has 0 amide bonds. The minimum Gasteiger partial charge on any atom is -0.362 e. The summed E-state index contributed by atoms with van der Waals surface area (Å²) in [6, 6.07) is 0.716. The van der Waals surface area contributed by atoms with Crippen molar-refractivity contribution in [3.63, 3.8) is 0 Å². The van der Waals surface area contributed by atoms with E-state index in [9.17, 15) is 0 Å². The summed E-state index contributed by atoms with van der Waals surface area (Å²) >= 11 is 1.92. The minimum absolute atomic E-state index is 0.716. The van der Waals surface area contributed by atoms with Crippen molar-refractivity contribution in [1.82, 2.24) is 10.2 Å². The van der Waals surface area contributed by atoms with Gasteiger partial charge >= 0.3 is 0 Å². The van der Waals surface area contributed by atoms with Crippen LogP contribution in [0.3, 0.4) is 0 Å². The third-order valence-electron chi connectivity index (χ3n) is 3.45. The van der Waals surface area contributed by atoms with Gasteiger partial charge in [0, 0.05) is 18.3 Å². The lowest BCUT2D eigenvalue weighted by atomic mass is 9.86. The molecular formula is C12H23N3S. The van der Waals surface area contributed by atoms with Gasteiger partial charge in [-0.3, -0.25) is 4.99 Å². The summed E-state index contributed by atoms with van der Waals surface area (Å²) in [6.45, 7) is 1.96. The van der Waals surface area contributed by atoms with Crippen molar-refractivity contribution in [2.75, 3.05) is 32.9 Å². The summed E-state index contributed by atoms with van der Waals surface area (Å²) in [5.41, 5.74) is 0. The molecule has 0 bridgehead atoms. The quantitative estimate of drug-likeness (QED) is 0.816. The highest BCUT2D eigenvalue weighted by Crippen LogP contribution is 2.31. The summed E-state index contributed by atoms with van der Waals surface area (Å²) in [7, 11) is 4.19. The van der Waals surface area contributed by atoms with Crippen molar-refractivity contribution < 1.29 is 0 Å². The summed E-state index contributed by atoms with van der Waals surface area (Å²) in [6.07, 6.45) is 5.58. The van der Waals surface area contributed by atoms with Crippen LogP contribution in [0.1, 0.15) is 25.7 Å². The van der Waals surface area contributed by atoms with E-state index in [0.29, 0.717) is 6.04 Å². The van der Waals surface area contributed by atoms with Gasteiger partial charge < -0.3 is 10.2 Å². The van der Waals surface area contributed by atoms with E-state index in [1.54, 1.807) is 0 Å². The molecule has 1 heterocycles. The van der Waals surface area contributed by atoms with Gasteiger partial charge in [-0.25, -0.2) is 0 Å². The Balaban J connectivity index is 1.80. The second kappa shape index (κ2) is 5.92. The minimum atomic E-state index is 0.716. The van der Waals surface area contributed by atoms with Gasteiger partial charge in [-0.2, -0.15) is 0 Å². The number of amidine groups is 1. The summed E-state index contributed by atoms with van der Waals surface area (Å²) < 4.78 is 0. The molecule has 0 radical (unpaired) electrons. The Morgan fingerprint density at radius 1 is 1.38 bits per heavy atom. The second-order valence-electron chi connectivity index (χ2n) is 5.10. The Bertz CT molecular complexity index is 253. The maximum absolute atomic E-state index is 4.64. The first kappa shape index (κ1) is 12.2. The third-order valence-corrected chi connectivity index (χ3v) is 4.57. The Labute approximate surface area is 103 Å². The molecule has 1 N–H and O–H groups in total. The molecule has 3 nitrogen and oxygen atoms in total. The standard InChI is InChI=1S/C12H23N3S/c1-15(2)8-7-13-12-14-11-6-4-3-5-10(11)9-16-12/h10-11H,3-9H2,1-2H3,(H,13,14). The van der Waals surface area contributed by atoms with Gasteiger partial charge in [-0.1, -0.05) is 24.6 Å². The van der Waals surface area contributed by atoms with Crippen LogP contribution in [0.25, 0.3) is 0 Å². The number of likely N-dealkylation sites (N-methyl/N-ethyl adjacent to an activating group) is 1. The van der Waals surface area contributed by atoms with Gasteiger partial charge in [-0.15, -0.1) is 0 Å². The number of nitrogens with zero attached hydrogens (tertiary/aromatic N) is 2. The topological polar surface area (TPSA) is 27.6 Å². The molecule has 1 aliphatic heterocycles. The summed E-state index contributed by atoms with van der Waals surface area (Å²) in [5.74, 6) is 2.17. The molecule has 1 saturated carbocycles. The molecule has 16 heavy (non-hydrogen) atoms. The van der Waals surface area contributed by atoms with Gasteiger partial charge in [0.1, 0.15) is 0 Å². The van der Waals surface area contributed by atoms with Crippen LogP contribution >= 0.6 is 11.8 Å². The van der Waals surface area contributed by atoms with Crippen molar-refractivity contribution in [2.24, 2.45) is 10.9 Å². The monoisotopic (exact) mass is 241 g/mol. The first-order valence-corrected chi connectivity index (χ1v) is 7.33. The number of thioether (sulfide) groups is 1. The third kappa shape index (κ3) is 3.39. The Hall–Kier alpha value is -0.220. The number of hydrogen-bond donors (Lipinski definition) is 1. The van der Waals surface area contributed by atoms with Crippen LogP contribution in [-0.4, -0.2) is 49.0 Å². The van der Waals surface area contributed by atoms with Crippen molar-refractivity contribution in [1.29, 1.82) is 0 Å². The van der Waals surface area contributed by atoms with E-state index >= 15 is 0 Å². The van der Waals surface area contributed by atoms with Crippen LogP contribution in [0, 0.1) is 5.92 Å². The van der Waals surface area contributed by atoms with E-state index < -0.39 is 0 Å². The fourth-order valence-corrected chi connectivity index (χ4v) is 3.61. The highest BCUT2D eigenvalue weighted by atomic mass is 32.2. The maximum atomic E-state index is 4.64. The van der Waals surface area contributed by atoms with Crippen molar-refractivity contribution in [2.45, 2.75) is 31.7 Å². The Morgan fingerprint density at radius 3 is 3.00 bits per heavy atom. The molecule has 1 aliphatic carbocycles. The predicted octanol–water partition coefficient (Wildman–Crippen LogP) is 1.80. The fourth-order valence-electron chi connectivity index (χ4n) is 2.43. The highest BCUT2D eigenvalue weighted by Gasteiger charge is 2.29. The SMILES string of the molecule is CN(C)CCN=C1NC2CCCCC2CS1. The molecule has 2 unspecified atom stereocenters. The zero-order valence-corrected chi connectivity index (χ0v) is 11.2. The first-order chi connectivity index (χ1) is 7.75. The number of hydrogen-bond acceptors (Lipinski definition) is 3. The average Bonchev–Trinajstić information content (AvgIpc) is 2.28. The zero-order chi connectivity index (χ0) is 11.4. The van der Waals surface area contributed by atoms with E-state index in [1.165, 1.54) is 36.6 Å². The Kier molecular flexibility index (Phi) is 4.53. The van der Waals surface area contributed by atoms with Gasteiger partial charge in [0.15, 0.2) is 5.17 Å². The van der Waals surface area contributed by atoms with Crippen molar-refractivity contribution in [3.8, 4) is 0 Å². The molecule has 0 spiro atoms. The molecule has 2 fully saturated rings. The smallest absolute Gasteiger partial charge is 0.156 e. The van der Waals surface area contributed by atoms with Gasteiger partial charge in [0.05, 0.1) is 6.54 Å². The average molecular weight is 241 g/mol. The van der Waals surface area contributed by atoms with Crippen LogP contribution in [0.4, 0.5) is 0 Å². The first-order valence-electron chi connectivity index (χ1n) is 6.34. The van der Waals surface area contributed by atoms with Crippen LogP contribution in [-0.2, 0) is 0 Å². The molecule has 2 atom stereocenters. The molecular weight excluding hydrogens is 218 g/mol. The van der Waals surface area contributed by atoms with Crippen molar-refractivity contribution >= 4 is 16.9 Å². The van der Waals surface area contributed by atoms with Crippen molar-refractivity contribution in [3.05, 3.63) is 0 Å². The van der Waals surface area contributed by atoms with Gasteiger partial charge in [0.25, 0.3) is 0 Å².